The molecule has 0 N–H and O–H groups in total. The maximum atomic E-state index is 12.2. The molecule has 1 heterocycles. The van der Waals surface area contributed by atoms with Gasteiger partial charge in [-0.2, -0.15) is 0 Å². The van der Waals surface area contributed by atoms with Gasteiger partial charge in [0.2, 0.25) is 0 Å². The summed E-state index contributed by atoms with van der Waals surface area (Å²) in [5, 5.41) is 9.82. The first-order valence-electron chi connectivity index (χ1n) is 3.55. The van der Waals surface area contributed by atoms with Crippen molar-refractivity contribution >= 4 is 23.6 Å². The fraction of sp³-hybridized carbons (Fsp3) is 0.143. The molecule has 5 nitrogen and oxygen atoms in total. The number of aromatic nitrogens is 1. The zero-order valence-corrected chi connectivity index (χ0v) is 7.74. The summed E-state index contributed by atoms with van der Waals surface area (Å²) in [7, 11) is 0. The summed E-state index contributed by atoms with van der Waals surface area (Å²) in [5.74, 6) is 0. The average molecular weight is 237 g/mol. The van der Waals surface area contributed by atoms with Crippen LogP contribution in [0.4, 0.5) is 14.5 Å². The van der Waals surface area contributed by atoms with Crippen LogP contribution in [0.5, 0.6) is 0 Å². The molecule has 0 saturated carbocycles. The van der Waals surface area contributed by atoms with Gasteiger partial charge >= 0.3 is 0 Å². The Hall–Kier alpha value is -1.63. The Bertz CT molecular complexity index is 425. The van der Waals surface area contributed by atoms with Gasteiger partial charge < -0.3 is 0 Å². The molecule has 0 aromatic carbocycles. The number of aldehydes is 1. The highest BCUT2D eigenvalue weighted by Gasteiger charge is 2.22. The molecule has 0 fully saturated rings. The van der Waals surface area contributed by atoms with E-state index < -0.39 is 33.4 Å². The van der Waals surface area contributed by atoms with Crippen molar-refractivity contribution in [1.82, 2.24) is 4.98 Å². The van der Waals surface area contributed by atoms with E-state index in [0.717, 1.165) is 0 Å². The van der Waals surface area contributed by atoms with Gasteiger partial charge in [-0.1, -0.05) is 11.6 Å². The molecule has 0 aliphatic rings. The van der Waals surface area contributed by atoms with E-state index in [1.807, 2.05) is 0 Å². The van der Waals surface area contributed by atoms with Crippen molar-refractivity contribution in [2.75, 3.05) is 0 Å². The fourth-order valence-corrected chi connectivity index (χ4v) is 1.14. The lowest BCUT2D eigenvalue weighted by atomic mass is 10.2. The van der Waals surface area contributed by atoms with Crippen LogP contribution in [-0.2, 0) is 0 Å². The first-order chi connectivity index (χ1) is 6.97. The van der Waals surface area contributed by atoms with E-state index in [4.69, 9.17) is 11.6 Å². The third-order valence-corrected chi connectivity index (χ3v) is 1.84. The third-order valence-electron chi connectivity index (χ3n) is 1.55. The second-order valence-electron chi connectivity index (χ2n) is 2.45. The molecule has 0 saturated heterocycles. The van der Waals surface area contributed by atoms with Gasteiger partial charge in [-0.15, -0.1) is 0 Å². The summed E-state index contributed by atoms with van der Waals surface area (Å²) in [6, 6.07) is 0.528. The average Bonchev–Trinajstić information content (AvgIpc) is 2.16. The van der Waals surface area contributed by atoms with Crippen molar-refractivity contribution in [3.8, 4) is 0 Å². The van der Waals surface area contributed by atoms with Gasteiger partial charge in [0.25, 0.3) is 12.1 Å². The Morgan fingerprint density at radius 2 is 2.20 bits per heavy atom. The Kier molecular flexibility index (Phi) is 3.25. The molecule has 1 rings (SSSR count). The van der Waals surface area contributed by atoms with Gasteiger partial charge in [0.15, 0.2) is 6.29 Å². The lowest BCUT2D eigenvalue weighted by Crippen LogP contribution is -2.01. The zero-order chi connectivity index (χ0) is 11.6. The minimum Gasteiger partial charge on any atom is -0.297 e. The number of carbonyl (C=O) groups excluding carboxylic acids is 1. The normalized spacial score (nSPS) is 10.4. The predicted octanol–water partition coefficient (Wildman–Crippen LogP) is 2.39. The Labute approximate surface area is 86.8 Å². The van der Waals surface area contributed by atoms with Crippen LogP contribution < -0.4 is 0 Å². The van der Waals surface area contributed by atoms with Crippen molar-refractivity contribution in [2.45, 2.75) is 6.43 Å². The number of rotatable bonds is 3. The molecular formula is C7H3ClF2N2O3. The first-order valence-corrected chi connectivity index (χ1v) is 3.93. The standard InChI is InChI=1S/C7H3ClF2N2O3/c8-6-3(2-13)5(12(14)15)1-4(11-6)7(9)10/h1-2,7H. The highest BCUT2D eigenvalue weighted by molar-refractivity contribution is 6.32. The molecule has 0 atom stereocenters. The third kappa shape index (κ3) is 2.24. The van der Waals surface area contributed by atoms with Gasteiger partial charge in [0.1, 0.15) is 16.4 Å². The molecule has 0 unspecified atom stereocenters. The van der Waals surface area contributed by atoms with E-state index in [1.165, 1.54) is 0 Å². The molecular weight excluding hydrogens is 234 g/mol. The van der Waals surface area contributed by atoms with Crippen LogP contribution in [0.3, 0.4) is 0 Å². The number of hydrogen-bond donors (Lipinski definition) is 0. The molecule has 0 radical (unpaired) electrons. The highest BCUT2D eigenvalue weighted by atomic mass is 35.5. The van der Waals surface area contributed by atoms with Crippen LogP contribution in [0.25, 0.3) is 0 Å². The van der Waals surface area contributed by atoms with Crippen molar-refractivity contribution in [2.24, 2.45) is 0 Å². The van der Waals surface area contributed by atoms with E-state index in [9.17, 15) is 23.7 Å². The van der Waals surface area contributed by atoms with Crippen molar-refractivity contribution in [1.29, 1.82) is 0 Å². The topological polar surface area (TPSA) is 73.1 Å². The van der Waals surface area contributed by atoms with Crippen LogP contribution in [-0.4, -0.2) is 16.2 Å². The second kappa shape index (κ2) is 4.26. The summed E-state index contributed by atoms with van der Waals surface area (Å²) in [6.45, 7) is 0. The maximum absolute atomic E-state index is 12.2. The minimum absolute atomic E-state index is 0.0999. The molecule has 0 amide bonds. The summed E-state index contributed by atoms with van der Waals surface area (Å²) < 4.78 is 24.4. The van der Waals surface area contributed by atoms with Gasteiger partial charge in [0.05, 0.1) is 4.92 Å². The molecule has 0 aliphatic carbocycles. The number of pyridine rings is 1. The van der Waals surface area contributed by atoms with Crippen molar-refractivity contribution < 1.29 is 18.5 Å². The van der Waals surface area contributed by atoms with Gasteiger partial charge in [0, 0.05) is 6.07 Å². The number of nitrogens with zero attached hydrogens (tertiary/aromatic N) is 2. The monoisotopic (exact) mass is 236 g/mol. The molecule has 0 spiro atoms. The van der Waals surface area contributed by atoms with Crippen LogP contribution in [0.15, 0.2) is 6.07 Å². The fourth-order valence-electron chi connectivity index (χ4n) is 0.901. The SMILES string of the molecule is O=Cc1c([N+](=O)[O-])cc(C(F)F)nc1Cl. The molecule has 0 aliphatic heterocycles. The Balaban J connectivity index is 3.45. The number of nitro groups is 1. The van der Waals surface area contributed by atoms with Crippen molar-refractivity contribution in [3.05, 3.63) is 32.6 Å². The molecule has 8 heteroatoms. The molecule has 1 aromatic rings. The number of hydrogen-bond acceptors (Lipinski definition) is 4. The maximum Gasteiger partial charge on any atom is 0.285 e. The Morgan fingerprint density at radius 3 is 2.60 bits per heavy atom. The lowest BCUT2D eigenvalue weighted by molar-refractivity contribution is -0.385. The van der Waals surface area contributed by atoms with Crippen molar-refractivity contribution in [3.63, 3.8) is 0 Å². The summed E-state index contributed by atoms with van der Waals surface area (Å²) in [4.78, 5) is 23.0. The minimum atomic E-state index is -2.98. The molecule has 80 valence electrons. The molecule has 0 bridgehead atoms. The van der Waals surface area contributed by atoms with E-state index >= 15 is 0 Å². The van der Waals surface area contributed by atoms with E-state index in [2.05, 4.69) is 4.98 Å². The van der Waals surface area contributed by atoms with E-state index in [-0.39, 0.29) is 6.29 Å². The lowest BCUT2D eigenvalue weighted by Gasteiger charge is -2.02. The number of alkyl halides is 2. The predicted molar refractivity (Wildman–Crippen MR) is 46.2 cm³/mol. The van der Waals surface area contributed by atoms with Crippen LogP contribution in [0, 0.1) is 10.1 Å². The molecule has 15 heavy (non-hydrogen) atoms. The van der Waals surface area contributed by atoms with Crippen LogP contribution in [0.2, 0.25) is 5.15 Å². The largest absolute Gasteiger partial charge is 0.297 e. The molecule has 1 aromatic heterocycles. The quantitative estimate of drug-likeness (QED) is 0.350. The van der Waals surface area contributed by atoms with E-state index in [1.54, 1.807) is 0 Å². The van der Waals surface area contributed by atoms with Crippen LogP contribution >= 0.6 is 11.6 Å². The summed E-state index contributed by atoms with van der Waals surface area (Å²) >= 11 is 5.34. The number of carbonyl (C=O) groups is 1. The number of halogens is 3. The van der Waals surface area contributed by atoms with Gasteiger partial charge in [-0.25, -0.2) is 13.8 Å². The summed E-state index contributed by atoms with van der Waals surface area (Å²) in [5.41, 5.74) is -2.12. The Morgan fingerprint density at radius 1 is 1.60 bits per heavy atom. The van der Waals surface area contributed by atoms with Gasteiger partial charge in [-0.05, 0) is 0 Å². The van der Waals surface area contributed by atoms with Crippen LogP contribution in [0.1, 0.15) is 22.5 Å². The second-order valence-corrected chi connectivity index (χ2v) is 2.80. The smallest absolute Gasteiger partial charge is 0.285 e. The van der Waals surface area contributed by atoms with E-state index in [0.29, 0.717) is 6.07 Å². The highest BCUT2D eigenvalue weighted by Crippen LogP contribution is 2.28. The zero-order valence-electron chi connectivity index (χ0n) is 6.99. The first kappa shape index (κ1) is 11.4. The van der Waals surface area contributed by atoms with Gasteiger partial charge in [-0.3, -0.25) is 14.9 Å². The summed E-state index contributed by atoms with van der Waals surface area (Å²) in [6.07, 6.45) is -2.88.